The first-order valence-corrected chi connectivity index (χ1v) is 9.78. The molecule has 0 unspecified atom stereocenters. The van der Waals surface area contributed by atoms with E-state index >= 15 is 0 Å². The third kappa shape index (κ3) is 6.08. The van der Waals surface area contributed by atoms with E-state index in [-0.39, 0.29) is 0 Å². The lowest BCUT2D eigenvalue weighted by Gasteiger charge is -2.34. The molecule has 0 amide bonds. The van der Waals surface area contributed by atoms with Crippen molar-refractivity contribution < 1.29 is 0 Å². The molecule has 5 heteroatoms. The molecule has 27 heavy (non-hydrogen) atoms. The van der Waals surface area contributed by atoms with Gasteiger partial charge in [0.05, 0.1) is 6.54 Å². The van der Waals surface area contributed by atoms with Crippen LogP contribution in [0.1, 0.15) is 23.6 Å². The second-order valence-electron chi connectivity index (χ2n) is 7.22. The Labute approximate surface area is 162 Å². The number of rotatable bonds is 6. The number of likely N-dealkylation sites (N-methyl/N-ethyl adjacent to an activating group) is 1. The van der Waals surface area contributed by atoms with E-state index in [0.717, 1.165) is 31.9 Å². The summed E-state index contributed by atoms with van der Waals surface area (Å²) < 4.78 is 0. The molecule has 1 heterocycles. The summed E-state index contributed by atoms with van der Waals surface area (Å²) in [7, 11) is 0. The first kappa shape index (κ1) is 19.4. The molecule has 0 bridgehead atoms. The molecular weight excluding hydrogens is 334 g/mol. The maximum atomic E-state index is 6.01. The number of aryl methyl sites for hydroxylation is 1. The van der Waals surface area contributed by atoms with Crippen molar-refractivity contribution in [3.05, 3.63) is 65.2 Å². The number of guanidine groups is 1. The first-order chi connectivity index (χ1) is 13.1. The smallest absolute Gasteiger partial charge is 0.193 e. The zero-order chi connectivity index (χ0) is 19.1. The molecule has 0 aromatic heterocycles. The van der Waals surface area contributed by atoms with E-state index in [1.54, 1.807) is 0 Å². The van der Waals surface area contributed by atoms with Crippen LogP contribution in [0.25, 0.3) is 0 Å². The zero-order valence-electron chi connectivity index (χ0n) is 16.5. The molecule has 1 aliphatic heterocycles. The number of nitrogens with zero attached hydrogens (tertiary/aromatic N) is 3. The number of benzene rings is 2. The van der Waals surface area contributed by atoms with Crippen molar-refractivity contribution in [3.63, 3.8) is 0 Å². The lowest BCUT2D eigenvalue weighted by Crippen LogP contribution is -2.45. The summed E-state index contributed by atoms with van der Waals surface area (Å²) in [5.41, 5.74) is 10.7. The Morgan fingerprint density at radius 2 is 1.67 bits per heavy atom. The Balaban J connectivity index is 1.48. The lowest BCUT2D eigenvalue weighted by atomic mass is 10.1. The summed E-state index contributed by atoms with van der Waals surface area (Å²) in [6.07, 6.45) is 0. The van der Waals surface area contributed by atoms with E-state index < -0.39 is 0 Å². The minimum absolute atomic E-state index is 0.443. The number of hydrogen-bond acceptors (Lipinski definition) is 3. The molecule has 5 nitrogen and oxygen atoms in total. The molecule has 3 rings (SSSR count). The highest BCUT2D eigenvalue weighted by molar-refractivity contribution is 5.92. The molecular formula is C22H31N5. The normalized spacial score (nSPS) is 16.4. The Kier molecular flexibility index (Phi) is 6.85. The van der Waals surface area contributed by atoms with Gasteiger partial charge in [-0.25, -0.2) is 4.99 Å². The molecule has 144 valence electrons. The minimum Gasteiger partial charge on any atom is -0.370 e. The van der Waals surface area contributed by atoms with Crippen LogP contribution in [-0.4, -0.2) is 48.5 Å². The highest BCUT2D eigenvalue weighted by atomic mass is 15.3. The predicted molar refractivity (Wildman–Crippen MR) is 114 cm³/mol. The second-order valence-corrected chi connectivity index (χ2v) is 7.22. The summed E-state index contributed by atoms with van der Waals surface area (Å²) in [5.74, 6) is 0.443. The van der Waals surface area contributed by atoms with E-state index in [2.05, 4.69) is 70.4 Å². The van der Waals surface area contributed by atoms with Crippen molar-refractivity contribution in [1.82, 2.24) is 9.80 Å². The number of piperazine rings is 1. The number of anilines is 1. The van der Waals surface area contributed by atoms with Gasteiger partial charge >= 0.3 is 0 Å². The van der Waals surface area contributed by atoms with Crippen molar-refractivity contribution in [2.45, 2.75) is 26.9 Å². The SMILES string of the molecule is CCN1CCN(Cc2ccc(CN=C(N)Nc3cccc(C)c3)cc2)CC1. The zero-order valence-corrected chi connectivity index (χ0v) is 16.5. The Morgan fingerprint density at radius 3 is 2.33 bits per heavy atom. The van der Waals surface area contributed by atoms with Crippen LogP contribution >= 0.6 is 0 Å². The molecule has 0 radical (unpaired) electrons. The fraction of sp³-hybridized carbons (Fsp3) is 0.409. The van der Waals surface area contributed by atoms with E-state index in [1.807, 2.05) is 12.1 Å². The average Bonchev–Trinajstić information content (AvgIpc) is 2.68. The van der Waals surface area contributed by atoms with Gasteiger partial charge in [-0.1, -0.05) is 43.3 Å². The van der Waals surface area contributed by atoms with Crippen LogP contribution in [0, 0.1) is 6.92 Å². The van der Waals surface area contributed by atoms with Gasteiger partial charge in [0.25, 0.3) is 0 Å². The van der Waals surface area contributed by atoms with Crippen molar-refractivity contribution in [2.24, 2.45) is 10.7 Å². The van der Waals surface area contributed by atoms with Crippen LogP contribution in [0.15, 0.2) is 53.5 Å². The van der Waals surface area contributed by atoms with Crippen molar-refractivity contribution in [3.8, 4) is 0 Å². The number of hydrogen-bond donors (Lipinski definition) is 2. The molecule has 1 fully saturated rings. The molecule has 2 aromatic rings. The van der Waals surface area contributed by atoms with Gasteiger partial charge in [-0.2, -0.15) is 0 Å². The predicted octanol–water partition coefficient (Wildman–Crippen LogP) is 3.06. The Bertz CT molecular complexity index is 746. The maximum absolute atomic E-state index is 6.01. The van der Waals surface area contributed by atoms with Crippen LogP contribution in [-0.2, 0) is 13.1 Å². The van der Waals surface area contributed by atoms with E-state index in [0.29, 0.717) is 12.5 Å². The molecule has 1 saturated heterocycles. The third-order valence-electron chi connectivity index (χ3n) is 5.06. The van der Waals surface area contributed by atoms with Crippen molar-refractivity contribution in [1.29, 1.82) is 0 Å². The van der Waals surface area contributed by atoms with Crippen molar-refractivity contribution >= 4 is 11.6 Å². The quantitative estimate of drug-likeness (QED) is 0.610. The van der Waals surface area contributed by atoms with Gasteiger partial charge in [0.1, 0.15) is 0 Å². The van der Waals surface area contributed by atoms with Crippen LogP contribution in [0.3, 0.4) is 0 Å². The monoisotopic (exact) mass is 365 g/mol. The largest absolute Gasteiger partial charge is 0.370 e. The van der Waals surface area contributed by atoms with Crippen molar-refractivity contribution in [2.75, 3.05) is 38.0 Å². The molecule has 0 saturated carbocycles. The van der Waals surface area contributed by atoms with E-state index in [1.165, 1.54) is 29.8 Å². The molecule has 0 aliphatic carbocycles. The van der Waals surface area contributed by atoms with Crippen LogP contribution in [0.5, 0.6) is 0 Å². The average molecular weight is 366 g/mol. The Morgan fingerprint density at radius 1 is 1.00 bits per heavy atom. The van der Waals surface area contributed by atoms with E-state index in [9.17, 15) is 0 Å². The molecule has 2 aromatic carbocycles. The topological polar surface area (TPSA) is 56.9 Å². The molecule has 3 N–H and O–H groups in total. The van der Waals surface area contributed by atoms with Crippen LogP contribution < -0.4 is 11.1 Å². The van der Waals surface area contributed by atoms with Gasteiger partial charge < -0.3 is 16.0 Å². The van der Waals surface area contributed by atoms with Gasteiger partial charge in [-0.3, -0.25) is 4.90 Å². The minimum atomic E-state index is 0.443. The summed E-state index contributed by atoms with van der Waals surface area (Å²) in [5, 5.41) is 3.14. The summed E-state index contributed by atoms with van der Waals surface area (Å²) in [4.78, 5) is 9.49. The summed E-state index contributed by atoms with van der Waals surface area (Å²) in [6, 6.07) is 16.8. The third-order valence-corrected chi connectivity index (χ3v) is 5.06. The van der Waals surface area contributed by atoms with Crippen LogP contribution in [0.4, 0.5) is 5.69 Å². The fourth-order valence-corrected chi connectivity index (χ4v) is 3.36. The van der Waals surface area contributed by atoms with E-state index in [4.69, 9.17) is 5.73 Å². The maximum Gasteiger partial charge on any atom is 0.193 e. The standard InChI is InChI=1S/C22H31N5/c1-3-26-11-13-27(14-12-26)17-20-9-7-19(8-10-20)16-24-22(23)25-21-6-4-5-18(2)15-21/h4-10,15H,3,11-14,16-17H2,1-2H3,(H3,23,24,25). The van der Waals surface area contributed by atoms with Gasteiger partial charge in [-0.05, 0) is 42.3 Å². The molecule has 0 spiro atoms. The van der Waals surface area contributed by atoms with Gasteiger partial charge in [0, 0.05) is 38.4 Å². The van der Waals surface area contributed by atoms with Crippen LogP contribution in [0.2, 0.25) is 0 Å². The lowest BCUT2D eigenvalue weighted by molar-refractivity contribution is 0.132. The number of nitrogens with two attached hydrogens (primary N) is 1. The second kappa shape index (κ2) is 9.53. The Hall–Kier alpha value is -2.37. The molecule has 1 aliphatic rings. The highest BCUT2D eigenvalue weighted by Crippen LogP contribution is 2.12. The van der Waals surface area contributed by atoms with Gasteiger partial charge in [0.2, 0.25) is 0 Å². The summed E-state index contributed by atoms with van der Waals surface area (Å²) >= 11 is 0. The highest BCUT2D eigenvalue weighted by Gasteiger charge is 2.15. The van der Waals surface area contributed by atoms with Gasteiger partial charge in [-0.15, -0.1) is 0 Å². The fourth-order valence-electron chi connectivity index (χ4n) is 3.36. The van der Waals surface area contributed by atoms with Gasteiger partial charge in [0.15, 0.2) is 5.96 Å². The first-order valence-electron chi connectivity index (χ1n) is 9.78. The number of aliphatic imine (C=N–C) groups is 1. The summed E-state index contributed by atoms with van der Waals surface area (Å²) in [6.45, 7) is 11.7. The molecule has 0 atom stereocenters. The number of nitrogens with one attached hydrogen (secondary N) is 1.